The fraction of sp³-hybridized carbons (Fsp3) is 0.658. The van der Waals surface area contributed by atoms with Gasteiger partial charge in [0, 0.05) is 19.3 Å². The van der Waals surface area contributed by atoms with Gasteiger partial charge in [-0.25, -0.2) is 0 Å². The van der Waals surface area contributed by atoms with E-state index < -0.39 is 6.10 Å². The highest BCUT2D eigenvalue weighted by molar-refractivity contribution is 5.71. The predicted molar refractivity (Wildman–Crippen MR) is 343 cm³/mol. The van der Waals surface area contributed by atoms with Crippen LogP contribution in [0.2, 0.25) is 0 Å². The molecule has 0 aliphatic rings. The smallest absolute Gasteiger partial charge is 0.306 e. The molecule has 0 N–H and O–H groups in total. The molecule has 0 bridgehead atoms. The lowest BCUT2D eigenvalue weighted by Gasteiger charge is -2.18. The summed E-state index contributed by atoms with van der Waals surface area (Å²) in [5.74, 6) is -0.921. The molecule has 0 rings (SSSR count). The first-order valence-corrected chi connectivity index (χ1v) is 32.7. The Morgan fingerprint density at radius 3 is 0.772 bits per heavy atom. The third kappa shape index (κ3) is 64.3. The summed E-state index contributed by atoms with van der Waals surface area (Å²) in [6.07, 6.45) is 93.2. The normalized spacial score (nSPS) is 13.0. The van der Waals surface area contributed by atoms with Gasteiger partial charge in [0.25, 0.3) is 0 Å². The van der Waals surface area contributed by atoms with Gasteiger partial charge >= 0.3 is 17.9 Å². The van der Waals surface area contributed by atoms with Crippen LogP contribution in [0.1, 0.15) is 290 Å². The largest absolute Gasteiger partial charge is 0.462 e. The molecule has 0 fully saturated rings. The molecule has 79 heavy (non-hydrogen) atoms. The fourth-order valence-corrected chi connectivity index (χ4v) is 8.69. The predicted octanol–water partition coefficient (Wildman–Crippen LogP) is 22.5. The van der Waals surface area contributed by atoms with Crippen LogP contribution in [0.4, 0.5) is 0 Å². The molecule has 0 amide bonds. The second-order valence-electron chi connectivity index (χ2n) is 21.3. The number of rotatable bonds is 58. The topological polar surface area (TPSA) is 78.9 Å². The average Bonchev–Trinajstić information content (AvgIpc) is 3.45. The van der Waals surface area contributed by atoms with Crippen LogP contribution in [0.15, 0.2) is 134 Å². The fourth-order valence-electron chi connectivity index (χ4n) is 8.69. The van der Waals surface area contributed by atoms with Crippen LogP contribution in [-0.2, 0) is 28.6 Å². The lowest BCUT2D eigenvalue weighted by Crippen LogP contribution is -2.30. The number of hydrogen-bond donors (Lipinski definition) is 0. The summed E-state index contributed by atoms with van der Waals surface area (Å²) in [4.78, 5) is 38.3. The summed E-state index contributed by atoms with van der Waals surface area (Å²) in [6.45, 7) is 6.42. The zero-order valence-corrected chi connectivity index (χ0v) is 51.3. The monoisotopic (exact) mass is 1090 g/mol. The first-order valence-electron chi connectivity index (χ1n) is 32.7. The van der Waals surface area contributed by atoms with Gasteiger partial charge in [-0.1, -0.05) is 276 Å². The number of ether oxygens (including phenoxy) is 3. The highest BCUT2D eigenvalue weighted by atomic mass is 16.6. The summed E-state index contributed by atoms with van der Waals surface area (Å²) in [5, 5.41) is 0. The van der Waals surface area contributed by atoms with E-state index in [0.29, 0.717) is 19.3 Å². The van der Waals surface area contributed by atoms with Crippen LogP contribution >= 0.6 is 0 Å². The van der Waals surface area contributed by atoms with Crippen LogP contribution in [0.5, 0.6) is 0 Å². The van der Waals surface area contributed by atoms with Crippen molar-refractivity contribution in [3.8, 4) is 0 Å². The summed E-state index contributed by atoms with van der Waals surface area (Å²) in [6, 6.07) is 0. The molecule has 0 aromatic heterocycles. The van der Waals surface area contributed by atoms with E-state index in [9.17, 15) is 14.4 Å². The number of allylic oxidation sites excluding steroid dienone is 22. The minimum absolute atomic E-state index is 0.0920. The van der Waals surface area contributed by atoms with Crippen LogP contribution < -0.4 is 0 Å². The highest BCUT2D eigenvalue weighted by Gasteiger charge is 2.19. The van der Waals surface area contributed by atoms with Crippen LogP contribution in [0, 0.1) is 0 Å². The Balaban J connectivity index is 4.25. The maximum absolute atomic E-state index is 12.9. The Labute approximate surface area is 487 Å². The van der Waals surface area contributed by atoms with Crippen molar-refractivity contribution >= 4 is 17.9 Å². The molecule has 6 nitrogen and oxygen atoms in total. The quantitative estimate of drug-likeness (QED) is 0.0261. The summed E-state index contributed by atoms with van der Waals surface area (Å²) in [5.41, 5.74) is 0. The third-order valence-electron chi connectivity index (χ3n) is 13.6. The maximum Gasteiger partial charge on any atom is 0.306 e. The lowest BCUT2D eigenvalue weighted by atomic mass is 10.0. The maximum atomic E-state index is 12.9. The molecule has 0 saturated carbocycles. The molecule has 0 radical (unpaired) electrons. The molecule has 1 unspecified atom stereocenters. The standard InChI is InChI=1S/C73H120O6/c1-4-7-10-13-16-19-22-25-28-29-30-31-32-33-34-35-36-37-38-39-40-41-42-43-44-45-46-49-51-54-57-60-63-66-72(75)78-69-70(79-73(76)67-64-61-58-55-52-48-27-24-21-18-15-12-9-6-3)68-77-71(74)65-62-59-56-53-50-47-26-23-20-17-14-11-8-5-2/h7,10,14-19,23-28,30-31,33-34,36-37,39-40,70H,4-6,8-9,11-13,20-22,29,32,35,38,41-69H2,1-3H3/b10-7-,17-14-,18-15-,19-16-,26-23-,27-24-,28-25-,31-30-,34-33-,37-36-,40-39-. The molecule has 0 aliphatic carbocycles. The number of carbonyl (C=O) groups is 3. The van der Waals surface area contributed by atoms with Crippen molar-refractivity contribution < 1.29 is 28.6 Å². The summed E-state index contributed by atoms with van der Waals surface area (Å²) < 4.78 is 16.9. The van der Waals surface area contributed by atoms with E-state index in [2.05, 4.69) is 154 Å². The molecule has 0 saturated heterocycles. The van der Waals surface area contributed by atoms with Crippen molar-refractivity contribution in [1.29, 1.82) is 0 Å². The highest BCUT2D eigenvalue weighted by Crippen LogP contribution is 2.15. The van der Waals surface area contributed by atoms with Crippen molar-refractivity contribution in [2.24, 2.45) is 0 Å². The molecule has 0 aromatic carbocycles. The van der Waals surface area contributed by atoms with Gasteiger partial charge in [-0.05, 0) is 128 Å². The number of unbranched alkanes of at least 4 members (excludes halogenated alkanes) is 25. The zero-order chi connectivity index (χ0) is 57.1. The average molecular weight is 1090 g/mol. The Bertz CT molecular complexity index is 1680. The van der Waals surface area contributed by atoms with Gasteiger partial charge in [-0.3, -0.25) is 14.4 Å². The van der Waals surface area contributed by atoms with Crippen molar-refractivity contribution in [3.05, 3.63) is 134 Å². The molecule has 0 aromatic rings. The van der Waals surface area contributed by atoms with E-state index in [1.165, 1.54) is 96.3 Å². The SMILES string of the molecule is CC/C=C\C/C=C\C/C=C\C/C=C\C/C=C\C/C=C\C/C=C\CCCCCCCCCCCCCC(=O)OCC(COC(=O)CCCCCCC/C=C\C/C=C\CCCC)OC(=O)CCCCCCC/C=C\C/C=C\CCCC. The van der Waals surface area contributed by atoms with Gasteiger partial charge in [-0.15, -0.1) is 0 Å². The van der Waals surface area contributed by atoms with E-state index in [-0.39, 0.29) is 31.1 Å². The Morgan fingerprint density at radius 1 is 0.266 bits per heavy atom. The molecule has 0 spiro atoms. The second kappa shape index (κ2) is 66.1. The molecular weight excluding hydrogens is 973 g/mol. The van der Waals surface area contributed by atoms with E-state index >= 15 is 0 Å². The van der Waals surface area contributed by atoms with Crippen LogP contribution in [-0.4, -0.2) is 37.2 Å². The van der Waals surface area contributed by atoms with Crippen molar-refractivity contribution in [3.63, 3.8) is 0 Å². The van der Waals surface area contributed by atoms with E-state index in [1.54, 1.807) is 0 Å². The lowest BCUT2D eigenvalue weighted by molar-refractivity contribution is -0.167. The Hall–Kier alpha value is -4.45. The van der Waals surface area contributed by atoms with Gasteiger partial charge in [0.05, 0.1) is 0 Å². The van der Waals surface area contributed by atoms with E-state index in [0.717, 1.165) is 154 Å². The van der Waals surface area contributed by atoms with Crippen LogP contribution in [0.3, 0.4) is 0 Å². The Kier molecular flexibility index (Phi) is 62.3. The Morgan fingerprint density at radius 2 is 0.494 bits per heavy atom. The minimum Gasteiger partial charge on any atom is -0.462 e. The zero-order valence-electron chi connectivity index (χ0n) is 51.3. The van der Waals surface area contributed by atoms with Gasteiger partial charge in [-0.2, -0.15) is 0 Å². The van der Waals surface area contributed by atoms with Crippen molar-refractivity contribution in [1.82, 2.24) is 0 Å². The second-order valence-corrected chi connectivity index (χ2v) is 21.3. The van der Waals surface area contributed by atoms with Gasteiger partial charge < -0.3 is 14.2 Å². The number of hydrogen-bond acceptors (Lipinski definition) is 6. The first kappa shape index (κ1) is 74.5. The summed E-state index contributed by atoms with van der Waals surface area (Å²) >= 11 is 0. The summed E-state index contributed by atoms with van der Waals surface area (Å²) in [7, 11) is 0. The molecule has 448 valence electrons. The van der Waals surface area contributed by atoms with Gasteiger partial charge in [0.2, 0.25) is 0 Å². The molecule has 6 heteroatoms. The number of esters is 3. The minimum atomic E-state index is -0.796. The molecular formula is C73H120O6. The van der Waals surface area contributed by atoms with E-state index in [1.807, 2.05) is 0 Å². The number of carbonyl (C=O) groups excluding carboxylic acids is 3. The van der Waals surface area contributed by atoms with Gasteiger partial charge in [0.15, 0.2) is 6.10 Å². The van der Waals surface area contributed by atoms with Crippen molar-refractivity contribution in [2.75, 3.05) is 13.2 Å². The third-order valence-corrected chi connectivity index (χ3v) is 13.6. The van der Waals surface area contributed by atoms with Crippen LogP contribution in [0.25, 0.3) is 0 Å². The molecule has 0 aliphatic heterocycles. The van der Waals surface area contributed by atoms with Gasteiger partial charge in [0.1, 0.15) is 13.2 Å². The van der Waals surface area contributed by atoms with Crippen molar-refractivity contribution in [2.45, 2.75) is 297 Å². The molecule has 0 heterocycles. The van der Waals surface area contributed by atoms with E-state index in [4.69, 9.17) is 14.2 Å². The first-order chi connectivity index (χ1) is 39.0. The molecule has 1 atom stereocenters.